The van der Waals surface area contributed by atoms with E-state index >= 15 is 0 Å². The summed E-state index contributed by atoms with van der Waals surface area (Å²) in [6, 6.07) is 3.96. The van der Waals surface area contributed by atoms with Gasteiger partial charge in [-0.1, -0.05) is 36.2 Å². The molecule has 1 aromatic rings. The molecule has 0 saturated carbocycles. The first-order valence-corrected chi connectivity index (χ1v) is 5.28. The Labute approximate surface area is 94.9 Å². The molecule has 1 rings (SSSR count). The van der Waals surface area contributed by atoms with Gasteiger partial charge in [-0.3, -0.25) is 4.79 Å². The molecule has 0 radical (unpaired) electrons. The molecular weight excluding hydrogens is 212 g/mol. The van der Waals surface area contributed by atoms with Crippen LogP contribution in [0, 0.1) is 13.8 Å². The van der Waals surface area contributed by atoms with Crippen LogP contribution in [0.4, 0.5) is 0 Å². The Bertz CT molecular complexity index is 385. The zero-order valence-corrected chi connectivity index (χ0v) is 9.93. The number of hydrogen-bond acceptors (Lipinski definition) is 1. The largest absolute Gasteiger partial charge is 0.481 e. The Morgan fingerprint density at radius 2 is 2.07 bits per heavy atom. The van der Waals surface area contributed by atoms with Crippen LogP contribution in [-0.4, -0.2) is 11.1 Å². The van der Waals surface area contributed by atoms with E-state index in [0.29, 0.717) is 5.02 Å². The Hall–Kier alpha value is -1.02. The molecular formula is C12H15ClO2. The molecule has 1 N–H and O–H groups in total. The normalized spacial score (nSPS) is 12.5. The highest BCUT2D eigenvalue weighted by atomic mass is 35.5. The Morgan fingerprint density at radius 3 is 2.60 bits per heavy atom. The molecule has 0 fully saturated rings. The maximum absolute atomic E-state index is 10.6. The van der Waals surface area contributed by atoms with Crippen LogP contribution in [0.3, 0.4) is 0 Å². The van der Waals surface area contributed by atoms with Gasteiger partial charge in [0.25, 0.3) is 0 Å². The molecule has 0 aliphatic carbocycles. The van der Waals surface area contributed by atoms with Crippen molar-refractivity contribution >= 4 is 17.6 Å². The molecule has 1 aromatic carbocycles. The summed E-state index contributed by atoms with van der Waals surface area (Å²) in [5.41, 5.74) is 3.05. The number of rotatable bonds is 3. The van der Waals surface area contributed by atoms with E-state index in [2.05, 4.69) is 0 Å². The number of aliphatic carboxylic acids is 1. The van der Waals surface area contributed by atoms with E-state index in [1.165, 1.54) is 0 Å². The molecule has 1 unspecified atom stereocenters. The van der Waals surface area contributed by atoms with Crippen molar-refractivity contribution < 1.29 is 9.90 Å². The third kappa shape index (κ3) is 2.96. The highest BCUT2D eigenvalue weighted by Gasteiger charge is 2.14. The second kappa shape index (κ2) is 4.67. The number of carboxylic acids is 1. The van der Waals surface area contributed by atoms with Crippen LogP contribution in [-0.2, 0) is 4.79 Å². The van der Waals surface area contributed by atoms with Gasteiger partial charge in [0.05, 0.1) is 6.42 Å². The molecule has 1 atom stereocenters. The van der Waals surface area contributed by atoms with Gasteiger partial charge in [-0.25, -0.2) is 0 Å². The summed E-state index contributed by atoms with van der Waals surface area (Å²) in [5, 5.41) is 9.42. The van der Waals surface area contributed by atoms with Crippen LogP contribution in [0.5, 0.6) is 0 Å². The smallest absolute Gasteiger partial charge is 0.303 e. The van der Waals surface area contributed by atoms with Crippen molar-refractivity contribution in [2.24, 2.45) is 0 Å². The molecule has 0 aromatic heterocycles. The molecule has 2 nitrogen and oxygen atoms in total. The lowest BCUT2D eigenvalue weighted by Gasteiger charge is -2.14. The summed E-state index contributed by atoms with van der Waals surface area (Å²) < 4.78 is 0. The minimum atomic E-state index is -0.794. The molecule has 0 aliphatic heterocycles. The number of hydrogen-bond donors (Lipinski definition) is 1. The number of carboxylic acid groups (broad SMARTS) is 1. The fourth-order valence-electron chi connectivity index (χ4n) is 1.71. The molecule has 82 valence electrons. The van der Waals surface area contributed by atoms with Gasteiger partial charge >= 0.3 is 5.97 Å². The third-order valence-electron chi connectivity index (χ3n) is 2.44. The highest BCUT2D eigenvalue weighted by Crippen LogP contribution is 2.30. The zero-order chi connectivity index (χ0) is 11.6. The van der Waals surface area contributed by atoms with Crippen molar-refractivity contribution in [3.05, 3.63) is 33.8 Å². The summed E-state index contributed by atoms with van der Waals surface area (Å²) in [4.78, 5) is 10.6. The van der Waals surface area contributed by atoms with Crippen LogP contribution in [0.1, 0.15) is 36.0 Å². The topological polar surface area (TPSA) is 37.3 Å². The van der Waals surface area contributed by atoms with Gasteiger partial charge in [-0.05, 0) is 30.9 Å². The van der Waals surface area contributed by atoms with E-state index in [1.54, 1.807) is 0 Å². The second-order valence-corrected chi connectivity index (χ2v) is 4.36. The molecule has 0 heterocycles. The van der Waals surface area contributed by atoms with E-state index in [-0.39, 0.29) is 12.3 Å². The van der Waals surface area contributed by atoms with Crippen molar-refractivity contribution in [1.82, 2.24) is 0 Å². The number of benzene rings is 1. The number of carbonyl (C=O) groups is 1. The first-order chi connectivity index (χ1) is 6.91. The van der Waals surface area contributed by atoms with Crippen LogP contribution >= 0.6 is 11.6 Å². The van der Waals surface area contributed by atoms with Gasteiger partial charge in [-0.2, -0.15) is 0 Å². The van der Waals surface area contributed by atoms with Crippen molar-refractivity contribution in [3.63, 3.8) is 0 Å². The van der Waals surface area contributed by atoms with Crippen LogP contribution in [0.25, 0.3) is 0 Å². The summed E-state index contributed by atoms with van der Waals surface area (Å²) in [5.74, 6) is -0.841. The first kappa shape index (κ1) is 12.1. The van der Waals surface area contributed by atoms with Crippen molar-refractivity contribution in [3.8, 4) is 0 Å². The lowest BCUT2D eigenvalue weighted by atomic mass is 9.94. The lowest BCUT2D eigenvalue weighted by molar-refractivity contribution is -0.137. The summed E-state index contributed by atoms with van der Waals surface area (Å²) in [6.07, 6.45) is 0.114. The van der Waals surface area contributed by atoms with E-state index in [9.17, 15) is 4.79 Å². The van der Waals surface area contributed by atoms with Gasteiger partial charge in [0.2, 0.25) is 0 Å². The summed E-state index contributed by atoms with van der Waals surface area (Å²) >= 11 is 6.15. The maximum atomic E-state index is 10.6. The monoisotopic (exact) mass is 226 g/mol. The van der Waals surface area contributed by atoms with Crippen LogP contribution in [0.2, 0.25) is 5.02 Å². The van der Waals surface area contributed by atoms with Crippen molar-refractivity contribution in [2.45, 2.75) is 33.1 Å². The molecule has 3 heteroatoms. The average molecular weight is 227 g/mol. The Kier molecular flexibility index (Phi) is 3.75. The second-order valence-electron chi connectivity index (χ2n) is 3.98. The molecule has 0 saturated heterocycles. The van der Waals surface area contributed by atoms with Gasteiger partial charge in [0.1, 0.15) is 0 Å². The van der Waals surface area contributed by atoms with Gasteiger partial charge in [0, 0.05) is 5.02 Å². The molecule has 0 aliphatic rings. The van der Waals surface area contributed by atoms with Crippen molar-refractivity contribution in [1.29, 1.82) is 0 Å². The third-order valence-corrected chi connectivity index (χ3v) is 2.96. The zero-order valence-electron chi connectivity index (χ0n) is 9.17. The van der Waals surface area contributed by atoms with E-state index in [0.717, 1.165) is 16.7 Å². The average Bonchev–Trinajstić information content (AvgIpc) is 2.09. The van der Waals surface area contributed by atoms with E-state index < -0.39 is 5.97 Å². The molecule has 15 heavy (non-hydrogen) atoms. The standard InChI is InChI=1S/C12H15ClO2/c1-7-4-9(3)12(13)10(5-7)8(2)6-11(14)15/h4-5,8H,6H2,1-3H3,(H,14,15). The SMILES string of the molecule is Cc1cc(C)c(Cl)c(C(C)CC(=O)O)c1. The molecule has 0 spiro atoms. The lowest BCUT2D eigenvalue weighted by Crippen LogP contribution is -2.04. The fraction of sp³-hybridized carbons (Fsp3) is 0.417. The van der Waals surface area contributed by atoms with Crippen LogP contribution < -0.4 is 0 Å². The summed E-state index contributed by atoms with van der Waals surface area (Å²) in [7, 11) is 0. The summed E-state index contributed by atoms with van der Waals surface area (Å²) in [6.45, 7) is 5.81. The fourth-order valence-corrected chi connectivity index (χ4v) is 2.01. The maximum Gasteiger partial charge on any atom is 0.303 e. The molecule has 0 amide bonds. The van der Waals surface area contributed by atoms with Gasteiger partial charge in [-0.15, -0.1) is 0 Å². The number of halogens is 1. The minimum Gasteiger partial charge on any atom is -0.481 e. The Morgan fingerprint density at radius 1 is 1.47 bits per heavy atom. The first-order valence-electron chi connectivity index (χ1n) is 4.90. The van der Waals surface area contributed by atoms with Gasteiger partial charge < -0.3 is 5.11 Å². The van der Waals surface area contributed by atoms with Gasteiger partial charge in [0.15, 0.2) is 0 Å². The highest BCUT2D eigenvalue weighted by molar-refractivity contribution is 6.32. The predicted octanol–water partition coefficient (Wildman–Crippen LogP) is 3.54. The Balaban J connectivity index is 3.07. The predicted molar refractivity (Wildman–Crippen MR) is 61.6 cm³/mol. The van der Waals surface area contributed by atoms with Crippen LogP contribution in [0.15, 0.2) is 12.1 Å². The number of aryl methyl sites for hydroxylation is 2. The minimum absolute atomic E-state index is 0.0476. The van der Waals surface area contributed by atoms with E-state index in [1.807, 2.05) is 32.9 Å². The van der Waals surface area contributed by atoms with E-state index in [4.69, 9.17) is 16.7 Å². The molecule has 0 bridgehead atoms. The van der Waals surface area contributed by atoms with Crippen molar-refractivity contribution in [2.75, 3.05) is 0 Å². The quantitative estimate of drug-likeness (QED) is 0.856.